The van der Waals surface area contributed by atoms with Gasteiger partial charge in [0.2, 0.25) is 16.9 Å². The Bertz CT molecular complexity index is 912. The summed E-state index contributed by atoms with van der Waals surface area (Å²) in [7, 11) is 2.88. The summed E-state index contributed by atoms with van der Waals surface area (Å²) in [5, 5.41) is 10.8. The van der Waals surface area contributed by atoms with Gasteiger partial charge in [0.05, 0.1) is 10.8 Å². The molecule has 1 aromatic carbocycles. The van der Waals surface area contributed by atoms with Crippen molar-refractivity contribution in [2.75, 3.05) is 14.2 Å². The molecular weight excluding hydrogens is 298 g/mol. The second-order valence-corrected chi connectivity index (χ2v) is 5.25. The van der Waals surface area contributed by atoms with Crippen LogP contribution in [-0.2, 0) is 15.3 Å². The van der Waals surface area contributed by atoms with E-state index in [4.69, 9.17) is 13.9 Å². The van der Waals surface area contributed by atoms with E-state index < -0.39 is 11.9 Å². The lowest BCUT2D eigenvalue weighted by Crippen LogP contribution is -2.41. The second kappa shape index (κ2) is 5.73. The minimum atomic E-state index is -1.36. The number of hydrogen-bond acceptors (Lipinski definition) is 6. The number of benzene rings is 1. The molecule has 23 heavy (non-hydrogen) atoms. The van der Waals surface area contributed by atoms with Crippen LogP contribution >= 0.6 is 0 Å². The molecule has 0 aliphatic rings. The van der Waals surface area contributed by atoms with E-state index in [-0.39, 0.29) is 11.1 Å². The molecule has 3 rings (SSSR count). The summed E-state index contributed by atoms with van der Waals surface area (Å²) in [6.07, 6.45) is 0.629. The molecule has 6 nitrogen and oxygen atoms in total. The Hall–Kier alpha value is -2.28. The molecule has 0 radical (unpaired) electrons. The summed E-state index contributed by atoms with van der Waals surface area (Å²) >= 11 is 0. The molecule has 0 amide bonds. The van der Waals surface area contributed by atoms with Gasteiger partial charge in [-0.15, -0.1) is 0 Å². The maximum atomic E-state index is 12.7. The van der Waals surface area contributed by atoms with E-state index in [9.17, 15) is 9.90 Å². The largest absolute Gasteiger partial charge is 0.437 e. The zero-order valence-corrected chi connectivity index (χ0v) is 13.1. The lowest BCUT2D eigenvalue weighted by atomic mass is 9.98. The van der Waals surface area contributed by atoms with Crippen molar-refractivity contribution in [1.29, 1.82) is 0 Å². The molecule has 0 bridgehead atoms. The monoisotopic (exact) mass is 315 g/mol. The summed E-state index contributed by atoms with van der Waals surface area (Å²) in [6, 6.07) is 8.30. The van der Waals surface area contributed by atoms with Crippen LogP contribution in [0, 0.1) is 0 Å². The molecule has 0 aliphatic heterocycles. The van der Waals surface area contributed by atoms with Crippen LogP contribution in [0.15, 0.2) is 45.7 Å². The molecule has 2 aromatic heterocycles. The minimum Gasteiger partial charge on any atom is -0.437 e. The molecule has 0 aliphatic carbocycles. The number of aliphatic hydroxyl groups is 1. The Balaban J connectivity index is 2.32. The molecule has 1 unspecified atom stereocenters. The Labute approximate surface area is 132 Å². The van der Waals surface area contributed by atoms with Gasteiger partial charge in [-0.05, 0) is 37.3 Å². The number of aliphatic hydroxyl groups excluding tert-OH is 1. The number of fused-ring (bicyclic) bond motifs is 2. The van der Waals surface area contributed by atoms with Gasteiger partial charge in [0.1, 0.15) is 11.7 Å². The van der Waals surface area contributed by atoms with Crippen molar-refractivity contribution in [2.45, 2.75) is 18.8 Å². The maximum Gasteiger partial charge on any atom is 0.230 e. The first kappa shape index (κ1) is 15.6. The highest BCUT2D eigenvalue weighted by atomic mass is 16.7. The third-order valence-corrected chi connectivity index (χ3v) is 4.01. The fraction of sp³-hybridized carbons (Fsp3) is 0.294. The fourth-order valence-electron chi connectivity index (χ4n) is 2.81. The first-order valence-electron chi connectivity index (χ1n) is 7.14. The predicted molar refractivity (Wildman–Crippen MR) is 85.2 cm³/mol. The second-order valence-electron chi connectivity index (χ2n) is 5.25. The number of methoxy groups -OCH3 is 2. The topological polar surface area (TPSA) is 81.8 Å². The van der Waals surface area contributed by atoms with Gasteiger partial charge in [0.15, 0.2) is 0 Å². The standard InChI is InChI=1S/C17H17NO5/c1-10(19)17(21-2,22-3)11-6-7-14-13(9-11)15(20)12-5-4-8-18-16(12)23-14/h4-10,19H,1-3H3. The normalized spacial score (nSPS) is 13.6. The zero-order valence-electron chi connectivity index (χ0n) is 13.1. The van der Waals surface area contributed by atoms with Crippen molar-refractivity contribution in [3.63, 3.8) is 0 Å². The Morgan fingerprint density at radius 3 is 2.61 bits per heavy atom. The third-order valence-electron chi connectivity index (χ3n) is 4.01. The van der Waals surface area contributed by atoms with E-state index in [1.165, 1.54) is 14.2 Å². The number of rotatable bonds is 4. The highest BCUT2D eigenvalue weighted by molar-refractivity contribution is 5.88. The van der Waals surface area contributed by atoms with Gasteiger partial charge >= 0.3 is 0 Å². The van der Waals surface area contributed by atoms with Crippen molar-refractivity contribution in [1.82, 2.24) is 4.98 Å². The average Bonchev–Trinajstić information content (AvgIpc) is 2.57. The van der Waals surface area contributed by atoms with Crippen LogP contribution in [0.25, 0.3) is 22.1 Å². The van der Waals surface area contributed by atoms with Gasteiger partial charge in [0, 0.05) is 26.0 Å². The molecular formula is C17H17NO5. The van der Waals surface area contributed by atoms with Crippen LogP contribution in [0.1, 0.15) is 12.5 Å². The molecule has 2 heterocycles. The fourth-order valence-corrected chi connectivity index (χ4v) is 2.81. The van der Waals surface area contributed by atoms with Crippen LogP contribution in [0.5, 0.6) is 0 Å². The highest BCUT2D eigenvalue weighted by Gasteiger charge is 2.38. The summed E-state index contributed by atoms with van der Waals surface area (Å²) in [4.78, 5) is 16.7. The quantitative estimate of drug-likeness (QED) is 0.587. The molecule has 0 spiro atoms. The molecule has 0 saturated carbocycles. The predicted octanol–water partition coefficient (Wildman–Crippen LogP) is 2.17. The van der Waals surface area contributed by atoms with E-state index in [2.05, 4.69) is 4.98 Å². The summed E-state index contributed by atoms with van der Waals surface area (Å²) < 4.78 is 16.5. The number of hydrogen-bond donors (Lipinski definition) is 1. The molecule has 3 aromatic rings. The van der Waals surface area contributed by atoms with Gasteiger partial charge in [-0.25, -0.2) is 4.98 Å². The van der Waals surface area contributed by atoms with Crippen molar-refractivity contribution < 1.29 is 19.0 Å². The smallest absolute Gasteiger partial charge is 0.230 e. The third kappa shape index (κ3) is 2.31. The number of nitrogens with zero attached hydrogens (tertiary/aromatic N) is 1. The van der Waals surface area contributed by atoms with Gasteiger partial charge in [-0.1, -0.05) is 0 Å². The van der Waals surface area contributed by atoms with E-state index in [0.717, 1.165) is 0 Å². The van der Waals surface area contributed by atoms with Crippen molar-refractivity contribution in [3.8, 4) is 0 Å². The number of ether oxygens (including phenoxy) is 2. The first-order valence-corrected chi connectivity index (χ1v) is 7.14. The van der Waals surface area contributed by atoms with E-state index in [0.29, 0.717) is 21.9 Å². The van der Waals surface area contributed by atoms with Gasteiger partial charge in [-0.2, -0.15) is 0 Å². The minimum absolute atomic E-state index is 0.192. The average molecular weight is 315 g/mol. The van der Waals surface area contributed by atoms with Crippen molar-refractivity contribution in [3.05, 3.63) is 52.3 Å². The van der Waals surface area contributed by atoms with Crippen LogP contribution in [0.4, 0.5) is 0 Å². The molecule has 1 atom stereocenters. The molecule has 1 N–H and O–H groups in total. The van der Waals surface area contributed by atoms with Crippen LogP contribution in [0.3, 0.4) is 0 Å². The Morgan fingerprint density at radius 1 is 1.22 bits per heavy atom. The SMILES string of the molecule is COC(OC)(c1ccc2oc3ncccc3c(=O)c2c1)C(C)O. The van der Waals surface area contributed by atoms with Gasteiger partial charge < -0.3 is 19.0 Å². The molecule has 0 saturated heterocycles. The molecule has 0 fully saturated rings. The lowest BCUT2D eigenvalue weighted by Gasteiger charge is -2.33. The van der Waals surface area contributed by atoms with Crippen LogP contribution in [-0.4, -0.2) is 30.4 Å². The first-order chi connectivity index (χ1) is 11.0. The summed E-state index contributed by atoms with van der Waals surface area (Å²) in [5.74, 6) is -1.36. The Kier molecular flexibility index (Phi) is 3.89. The van der Waals surface area contributed by atoms with Crippen LogP contribution in [0.2, 0.25) is 0 Å². The van der Waals surface area contributed by atoms with E-state index >= 15 is 0 Å². The summed E-state index contributed by atoms with van der Waals surface area (Å²) in [5.41, 5.74) is 1.04. The van der Waals surface area contributed by atoms with Gasteiger partial charge in [0.25, 0.3) is 0 Å². The van der Waals surface area contributed by atoms with Crippen molar-refractivity contribution >= 4 is 22.1 Å². The Morgan fingerprint density at radius 2 is 1.96 bits per heavy atom. The number of aromatic nitrogens is 1. The van der Waals surface area contributed by atoms with Crippen LogP contribution < -0.4 is 5.43 Å². The van der Waals surface area contributed by atoms with Crippen molar-refractivity contribution in [2.24, 2.45) is 0 Å². The van der Waals surface area contributed by atoms with Gasteiger partial charge in [-0.3, -0.25) is 4.79 Å². The highest BCUT2D eigenvalue weighted by Crippen LogP contribution is 2.32. The number of pyridine rings is 1. The molecule has 6 heteroatoms. The summed E-state index contributed by atoms with van der Waals surface area (Å²) in [6.45, 7) is 1.56. The van der Waals surface area contributed by atoms with E-state index in [1.807, 2.05) is 0 Å². The lowest BCUT2D eigenvalue weighted by molar-refractivity contribution is -0.264. The maximum absolute atomic E-state index is 12.7. The zero-order chi connectivity index (χ0) is 16.6. The molecule has 120 valence electrons. The van der Waals surface area contributed by atoms with E-state index in [1.54, 1.807) is 43.5 Å².